The van der Waals surface area contributed by atoms with Gasteiger partial charge in [-0.1, -0.05) is 23.2 Å². The molecule has 15 heavy (non-hydrogen) atoms. The summed E-state index contributed by atoms with van der Waals surface area (Å²) in [5, 5.41) is 3.91. The molecule has 0 spiro atoms. The zero-order chi connectivity index (χ0) is 11.4. The van der Waals surface area contributed by atoms with E-state index < -0.39 is 0 Å². The summed E-state index contributed by atoms with van der Waals surface area (Å²) in [5.74, 6) is -0.116. The van der Waals surface area contributed by atoms with Crippen molar-refractivity contribution >= 4 is 40.9 Å². The maximum Gasteiger partial charge on any atom is 0.221 e. The number of hydrogen-bond acceptors (Lipinski definition) is 1. The van der Waals surface area contributed by atoms with E-state index in [-0.39, 0.29) is 5.91 Å². The SMILES string of the molecule is CC(=O)Nc1ccc(Cl)c(/C=C(/C)Cl)c1. The molecular weight excluding hydrogens is 233 g/mol. The molecule has 0 fully saturated rings. The Hall–Kier alpha value is -0.990. The van der Waals surface area contributed by atoms with E-state index in [1.54, 1.807) is 31.2 Å². The second-order valence-corrected chi connectivity index (χ2v) is 4.15. The molecule has 0 radical (unpaired) electrons. The third-order valence-corrected chi connectivity index (χ3v) is 2.12. The molecule has 0 aliphatic rings. The van der Waals surface area contributed by atoms with Crippen LogP contribution in [0.2, 0.25) is 5.02 Å². The lowest BCUT2D eigenvalue weighted by Gasteiger charge is -2.05. The number of allylic oxidation sites excluding steroid dienone is 1. The first-order valence-electron chi connectivity index (χ1n) is 4.40. The van der Waals surface area contributed by atoms with Gasteiger partial charge in [0.15, 0.2) is 0 Å². The quantitative estimate of drug-likeness (QED) is 0.839. The minimum atomic E-state index is -0.116. The van der Waals surface area contributed by atoms with E-state index in [9.17, 15) is 4.79 Å². The molecule has 4 heteroatoms. The Morgan fingerprint density at radius 3 is 2.60 bits per heavy atom. The van der Waals surface area contributed by atoms with Crippen molar-refractivity contribution in [3.63, 3.8) is 0 Å². The van der Waals surface area contributed by atoms with Crippen LogP contribution in [0.15, 0.2) is 23.2 Å². The molecule has 0 aliphatic heterocycles. The standard InChI is InChI=1S/C11H11Cl2NO/c1-7(12)5-9-6-10(14-8(2)15)3-4-11(9)13/h3-6H,1-2H3,(H,14,15)/b7-5-. The number of hydrogen-bond donors (Lipinski definition) is 1. The van der Waals surface area contributed by atoms with Gasteiger partial charge in [0.25, 0.3) is 0 Å². The normalized spacial score (nSPS) is 11.3. The van der Waals surface area contributed by atoms with Crippen LogP contribution in [-0.4, -0.2) is 5.91 Å². The summed E-state index contributed by atoms with van der Waals surface area (Å²) in [6.07, 6.45) is 1.75. The van der Waals surface area contributed by atoms with Crippen molar-refractivity contribution < 1.29 is 4.79 Å². The summed E-state index contributed by atoms with van der Waals surface area (Å²) in [5.41, 5.74) is 1.49. The number of anilines is 1. The maximum absolute atomic E-state index is 10.8. The third kappa shape index (κ3) is 3.94. The van der Waals surface area contributed by atoms with Crippen molar-refractivity contribution in [3.8, 4) is 0 Å². The molecule has 1 aromatic carbocycles. The van der Waals surface area contributed by atoms with Crippen LogP contribution >= 0.6 is 23.2 Å². The predicted octanol–water partition coefficient (Wildman–Crippen LogP) is 3.90. The number of amides is 1. The van der Waals surface area contributed by atoms with E-state index in [1.807, 2.05) is 0 Å². The summed E-state index contributed by atoms with van der Waals surface area (Å²) >= 11 is 11.7. The molecule has 1 aromatic rings. The van der Waals surface area contributed by atoms with Gasteiger partial charge in [-0.05, 0) is 36.8 Å². The molecule has 0 aliphatic carbocycles. The van der Waals surface area contributed by atoms with Crippen molar-refractivity contribution in [1.29, 1.82) is 0 Å². The van der Waals surface area contributed by atoms with Gasteiger partial charge < -0.3 is 5.32 Å². The molecule has 0 saturated carbocycles. The maximum atomic E-state index is 10.8. The first kappa shape index (κ1) is 12.1. The summed E-state index contributed by atoms with van der Waals surface area (Å²) in [4.78, 5) is 10.8. The zero-order valence-corrected chi connectivity index (χ0v) is 9.99. The van der Waals surface area contributed by atoms with Crippen molar-refractivity contribution in [2.24, 2.45) is 0 Å². The minimum Gasteiger partial charge on any atom is -0.326 e. The number of halogens is 2. The second kappa shape index (κ2) is 5.19. The molecule has 0 bridgehead atoms. The van der Waals surface area contributed by atoms with E-state index in [2.05, 4.69) is 5.32 Å². The molecular formula is C11H11Cl2NO. The molecule has 1 amide bonds. The number of carbonyl (C=O) groups excluding carboxylic acids is 1. The molecule has 0 heterocycles. The van der Waals surface area contributed by atoms with Crippen LogP contribution in [-0.2, 0) is 4.79 Å². The average Bonchev–Trinajstić information content (AvgIpc) is 2.09. The average molecular weight is 244 g/mol. The van der Waals surface area contributed by atoms with Gasteiger partial charge in [-0.15, -0.1) is 0 Å². The highest BCUT2D eigenvalue weighted by atomic mass is 35.5. The fraction of sp³-hybridized carbons (Fsp3) is 0.182. The van der Waals surface area contributed by atoms with Gasteiger partial charge in [0.05, 0.1) is 0 Å². The van der Waals surface area contributed by atoms with Crippen molar-refractivity contribution in [2.45, 2.75) is 13.8 Å². The van der Waals surface area contributed by atoms with Gasteiger partial charge >= 0.3 is 0 Å². The topological polar surface area (TPSA) is 29.1 Å². The molecule has 0 aromatic heterocycles. The summed E-state index contributed by atoms with van der Waals surface area (Å²) < 4.78 is 0. The van der Waals surface area contributed by atoms with E-state index in [0.29, 0.717) is 15.7 Å². The van der Waals surface area contributed by atoms with Gasteiger partial charge in [0.1, 0.15) is 0 Å². The Balaban J connectivity index is 3.05. The van der Waals surface area contributed by atoms with Gasteiger partial charge in [0.2, 0.25) is 5.91 Å². The van der Waals surface area contributed by atoms with Gasteiger partial charge in [-0.25, -0.2) is 0 Å². The molecule has 1 rings (SSSR count). The lowest BCUT2D eigenvalue weighted by atomic mass is 10.2. The summed E-state index contributed by atoms with van der Waals surface area (Å²) in [6, 6.07) is 5.23. The predicted molar refractivity (Wildman–Crippen MR) is 65.3 cm³/mol. The van der Waals surface area contributed by atoms with Crippen LogP contribution in [0.1, 0.15) is 19.4 Å². The van der Waals surface area contributed by atoms with Crippen LogP contribution in [0.25, 0.3) is 6.08 Å². The van der Waals surface area contributed by atoms with Crippen LogP contribution < -0.4 is 5.32 Å². The molecule has 0 atom stereocenters. The van der Waals surface area contributed by atoms with Crippen LogP contribution in [0.4, 0.5) is 5.69 Å². The lowest BCUT2D eigenvalue weighted by Crippen LogP contribution is -2.05. The van der Waals surface area contributed by atoms with Crippen LogP contribution in [0.5, 0.6) is 0 Å². The second-order valence-electron chi connectivity index (χ2n) is 3.15. The van der Waals surface area contributed by atoms with Crippen LogP contribution in [0.3, 0.4) is 0 Å². The van der Waals surface area contributed by atoms with Gasteiger partial charge in [-0.3, -0.25) is 4.79 Å². The van der Waals surface area contributed by atoms with E-state index in [0.717, 1.165) is 5.56 Å². The van der Waals surface area contributed by atoms with Gasteiger partial charge in [0, 0.05) is 22.7 Å². The number of carbonyl (C=O) groups is 1. The molecule has 1 N–H and O–H groups in total. The smallest absolute Gasteiger partial charge is 0.221 e. The Morgan fingerprint density at radius 2 is 2.07 bits per heavy atom. The Labute approximate surface area is 98.9 Å². The minimum absolute atomic E-state index is 0.116. The fourth-order valence-electron chi connectivity index (χ4n) is 1.15. The van der Waals surface area contributed by atoms with Crippen molar-refractivity contribution in [3.05, 3.63) is 33.8 Å². The number of nitrogens with one attached hydrogen (secondary N) is 1. The third-order valence-electron chi connectivity index (χ3n) is 1.67. The Morgan fingerprint density at radius 1 is 1.40 bits per heavy atom. The van der Waals surface area contributed by atoms with Crippen molar-refractivity contribution in [2.75, 3.05) is 5.32 Å². The van der Waals surface area contributed by atoms with E-state index in [4.69, 9.17) is 23.2 Å². The molecule has 0 saturated heterocycles. The Kier molecular flexibility index (Phi) is 4.18. The van der Waals surface area contributed by atoms with E-state index in [1.165, 1.54) is 6.92 Å². The Bertz CT molecular complexity index is 409. The highest BCUT2D eigenvalue weighted by molar-refractivity contribution is 6.34. The lowest BCUT2D eigenvalue weighted by molar-refractivity contribution is -0.114. The fourth-order valence-corrected chi connectivity index (χ4v) is 1.44. The largest absolute Gasteiger partial charge is 0.326 e. The molecule has 80 valence electrons. The van der Waals surface area contributed by atoms with Crippen molar-refractivity contribution in [1.82, 2.24) is 0 Å². The van der Waals surface area contributed by atoms with Crippen LogP contribution in [0, 0.1) is 0 Å². The molecule has 0 unspecified atom stereocenters. The number of rotatable bonds is 2. The van der Waals surface area contributed by atoms with E-state index >= 15 is 0 Å². The highest BCUT2D eigenvalue weighted by Crippen LogP contribution is 2.23. The zero-order valence-electron chi connectivity index (χ0n) is 8.47. The molecule has 2 nitrogen and oxygen atoms in total. The monoisotopic (exact) mass is 243 g/mol. The summed E-state index contributed by atoms with van der Waals surface area (Å²) in [6.45, 7) is 3.22. The van der Waals surface area contributed by atoms with Gasteiger partial charge in [-0.2, -0.15) is 0 Å². The summed E-state index contributed by atoms with van der Waals surface area (Å²) in [7, 11) is 0. The first-order chi connectivity index (χ1) is 6.99. The number of benzene rings is 1. The first-order valence-corrected chi connectivity index (χ1v) is 5.15. The highest BCUT2D eigenvalue weighted by Gasteiger charge is 2.01.